The molecule has 2 aliphatic rings. The number of carbonyl (C=O) groups excluding carboxylic acids is 1. The van der Waals surface area contributed by atoms with Crippen LogP contribution in [-0.2, 0) is 16.1 Å². The Hall–Kier alpha value is -1.24. The summed E-state index contributed by atoms with van der Waals surface area (Å²) >= 11 is 2.02. The van der Waals surface area contributed by atoms with Crippen LogP contribution in [-0.4, -0.2) is 60.9 Å². The zero-order valence-electron chi connectivity index (χ0n) is 15.8. The summed E-state index contributed by atoms with van der Waals surface area (Å²) in [5, 5.41) is 3.64. The first kappa shape index (κ1) is 19.5. The highest BCUT2D eigenvalue weighted by atomic mass is 32.2. The van der Waals surface area contributed by atoms with Crippen LogP contribution in [0.2, 0.25) is 0 Å². The molecule has 2 heterocycles. The van der Waals surface area contributed by atoms with Crippen LogP contribution in [0.3, 0.4) is 0 Å². The third kappa shape index (κ3) is 5.89. The van der Waals surface area contributed by atoms with Crippen molar-refractivity contribution in [1.82, 2.24) is 10.2 Å². The zero-order chi connectivity index (χ0) is 18.4. The minimum Gasteiger partial charge on any atom is -0.445 e. The number of hydrogen-bond donors (Lipinski definition) is 1. The molecular formula is C20H30N2O3S. The summed E-state index contributed by atoms with van der Waals surface area (Å²) in [4.78, 5) is 14.1. The summed E-state index contributed by atoms with van der Waals surface area (Å²) in [6.45, 7) is 7.50. The number of amides is 1. The predicted octanol–water partition coefficient (Wildman–Crippen LogP) is 3.15. The number of morpholine rings is 1. The van der Waals surface area contributed by atoms with Gasteiger partial charge >= 0.3 is 6.09 Å². The van der Waals surface area contributed by atoms with E-state index in [-0.39, 0.29) is 12.2 Å². The topological polar surface area (TPSA) is 50.8 Å². The van der Waals surface area contributed by atoms with E-state index in [1.165, 1.54) is 12.2 Å². The number of ether oxygens (including phenoxy) is 2. The van der Waals surface area contributed by atoms with E-state index in [1.807, 2.05) is 42.1 Å². The van der Waals surface area contributed by atoms with Crippen molar-refractivity contribution in [2.24, 2.45) is 5.41 Å². The fraction of sp³-hybridized carbons (Fsp3) is 0.650. The van der Waals surface area contributed by atoms with Crippen molar-refractivity contribution in [2.75, 3.05) is 37.7 Å². The highest BCUT2D eigenvalue weighted by molar-refractivity contribution is 7.99. The van der Waals surface area contributed by atoms with Crippen molar-refractivity contribution in [3.05, 3.63) is 35.9 Å². The SMILES string of the molecule is CC1(C)CSCC(NCC2CN(C(=O)OCc3ccccc3)CCO2)C1. The summed E-state index contributed by atoms with van der Waals surface area (Å²) < 4.78 is 11.3. The van der Waals surface area contributed by atoms with E-state index in [2.05, 4.69) is 19.2 Å². The first-order valence-corrected chi connectivity index (χ1v) is 10.6. The van der Waals surface area contributed by atoms with Gasteiger partial charge in [0.25, 0.3) is 0 Å². The fourth-order valence-corrected chi connectivity index (χ4v) is 4.82. The lowest BCUT2D eigenvalue weighted by Crippen LogP contribution is -2.51. The molecule has 0 aliphatic carbocycles. The van der Waals surface area contributed by atoms with Crippen molar-refractivity contribution < 1.29 is 14.3 Å². The number of hydrogen-bond acceptors (Lipinski definition) is 5. The number of benzene rings is 1. The molecule has 0 saturated carbocycles. The molecule has 1 aromatic rings. The van der Waals surface area contributed by atoms with Gasteiger partial charge in [-0.3, -0.25) is 0 Å². The predicted molar refractivity (Wildman–Crippen MR) is 105 cm³/mol. The molecular weight excluding hydrogens is 348 g/mol. The van der Waals surface area contributed by atoms with Crippen LogP contribution in [0.4, 0.5) is 4.79 Å². The Balaban J connectivity index is 1.41. The van der Waals surface area contributed by atoms with Gasteiger partial charge in [-0.15, -0.1) is 0 Å². The first-order valence-electron chi connectivity index (χ1n) is 9.40. The van der Waals surface area contributed by atoms with Gasteiger partial charge in [-0.1, -0.05) is 44.2 Å². The molecule has 2 fully saturated rings. The Bertz CT molecular complexity index is 582. The minimum atomic E-state index is -0.253. The van der Waals surface area contributed by atoms with E-state index < -0.39 is 0 Å². The Labute approximate surface area is 160 Å². The third-order valence-electron chi connectivity index (χ3n) is 4.85. The summed E-state index contributed by atoms with van der Waals surface area (Å²) in [7, 11) is 0. The third-order valence-corrected chi connectivity index (χ3v) is 6.47. The average Bonchev–Trinajstić information content (AvgIpc) is 2.65. The van der Waals surface area contributed by atoms with E-state index >= 15 is 0 Å². The molecule has 5 nitrogen and oxygen atoms in total. The van der Waals surface area contributed by atoms with E-state index in [1.54, 1.807) is 4.90 Å². The van der Waals surface area contributed by atoms with Gasteiger partial charge in [0.1, 0.15) is 6.61 Å². The normalized spacial score (nSPS) is 25.7. The number of nitrogens with one attached hydrogen (secondary N) is 1. The maximum absolute atomic E-state index is 12.3. The molecule has 0 aromatic heterocycles. The van der Waals surface area contributed by atoms with E-state index in [0.29, 0.717) is 37.8 Å². The maximum atomic E-state index is 12.3. The highest BCUT2D eigenvalue weighted by Crippen LogP contribution is 2.33. The van der Waals surface area contributed by atoms with E-state index in [9.17, 15) is 4.79 Å². The second-order valence-electron chi connectivity index (χ2n) is 7.97. The Morgan fingerprint density at radius 2 is 2.19 bits per heavy atom. The second-order valence-corrected chi connectivity index (χ2v) is 9.00. The molecule has 1 aromatic carbocycles. The van der Waals surface area contributed by atoms with Crippen LogP contribution >= 0.6 is 11.8 Å². The largest absolute Gasteiger partial charge is 0.445 e. The van der Waals surface area contributed by atoms with Crippen LogP contribution in [0.5, 0.6) is 0 Å². The number of carbonyl (C=O) groups is 1. The van der Waals surface area contributed by atoms with Crippen LogP contribution in [0.25, 0.3) is 0 Å². The van der Waals surface area contributed by atoms with Gasteiger partial charge < -0.3 is 19.7 Å². The van der Waals surface area contributed by atoms with Crippen molar-refractivity contribution in [3.8, 4) is 0 Å². The van der Waals surface area contributed by atoms with Gasteiger partial charge in [-0.05, 0) is 23.2 Å². The lowest BCUT2D eigenvalue weighted by molar-refractivity contribution is -0.0281. The fourth-order valence-electron chi connectivity index (χ4n) is 3.51. The summed E-state index contributed by atoms with van der Waals surface area (Å²) in [6, 6.07) is 10.3. The Morgan fingerprint density at radius 3 is 2.96 bits per heavy atom. The molecule has 2 aliphatic heterocycles. The van der Waals surface area contributed by atoms with Gasteiger partial charge in [-0.2, -0.15) is 11.8 Å². The van der Waals surface area contributed by atoms with Crippen LogP contribution in [0, 0.1) is 5.41 Å². The van der Waals surface area contributed by atoms with Crippen molar-refractivity contribution in [1.29, 1.82) is 0 Å². The Morgan fingerprint density at radius 1 is 1.38 bits per heavy atom. The molecule has 0 bridgehead atoms. The van der Waals surface area contributed by atoms with Crippen LogP contribution in [0.15, 0.2) is 30.3 Å². The number of rotatable bonds is 5. The zero-order valence-corrected chi connectivity index (χ0v) is 16.6. The molecule has 2 saturated heterocycles. The summed E-state index contributed by atoms with van der Waals surface area (Å²) in [5.41, 5.74) is 1.39. The second kappa shape index (κ2) is 9.11. The standard InChI is InChI=1S/C20H30N2O3S/c1-20(2)10-17(14-26-15-20)21-11-18-12-22(8-9-24-18)19(23)25-13-16-6-4-3-5-7-16/h3-7,17-18,21H,8-15H2,1-2H3. The maximum Gasteiger partial charge on any atom is 0.410 e. The molecule has 144 valence electrons. The van der Waals surface area contributed by atoms with E-state index in [4.69, 9.17) is 9.47 Å². The highest BCUT2D eigenvalue weighted by Gasteiger charge is 2.30. The summed E-state index contributed by atoms with van der Waals surface area (Å²) in [5.74, 6) is 2.38. The quantitative estimate of drug-likeness (QED) is 0.853. The summed E-state index contributed by atoms with van der Waals surface area (Å²) in [6.07, 6.45) is 0.967. The molecule has 0 radical (unpaired) electrons. The van der Waals surface area contributed by atoms with Crippen molar-refractivity contribution in [2.45, 2.75) is 39.0 Å². The van der Waals surface area contributed by atoms with E-state index in [0.717, 1.165) is 17.9 Å². The Kier molecular flexibility index (Phi) is 6.84. The molecule has 1 N–H and O–H groups in total. The lowest BCUT2D eigenvalue weighted by Gasteiger charge is -2.37. The number of thioether (sulfide) groups is 1. The molecule has 0 spiro atoms. The van der Waals surface area contributed by atoms with Crippen molar-refractivity contribution >= 4 is 17.9 Å². The van der Waals surface area contributed by atoms with Crippen LogP contribution < -0.4 is 5.32 Å². The number of nitrogens with zero attached hydrogens (tertiary/aromatic N) is 1. The molecule has 3 rings (SSSR count). The van der Waals surface area contributed by atoms with Gasteiger partial charge in [0.05, 0.1) is 19.3 Å². The molecule has 1 amide bonds. The molecule has 6 heteroatoms. The lowest BCUT2D eigenvalue weighted by atomic mass is 9.88. The van der Waals surface area contributed by atoms with Gasteiger partial charge in [-0.25, -0.2) is 4.79 Å². The first-order chi connectivity index (χ1) is 12.5. The molecule has 2 atom stereocenters. The average molecular weight is 379 g/mol. The molecule has 2 unspecified atom stereocenters. The monoisotopic (exact) mass is 378 g/mol. The molecule has 26 heavy (non-hydrogen) atoms. The minimum absolute atomic E-state index is 0.0306. The van der Waals surface area contributed by atoms with Crippen molar-refractivity contribution in [3.63, 3.8) is 0 Å². The smallest absolute Gasteiger partial charge is 0.410 e. The van der Waals surface area contributed by atoms with Gasteiger partial charge in [0, 0.05) is 24.9 Å². The van der Waals surface area contributed by atoms with Gasteiger partial charge in [0.15, 0.2) is 0 Å². The van der Waals surface area contributed by atoms with Gasteiger partial charge in [0.2, 0.25) is 0 Å². The van der Waals surface area contributed by atoms with Crippen LogP contribution in [0.1, 0.15) is 25.8 Å².